The Bertz CT molecular complexity index is 682. The monoisotopic (exact) mass is 359 g/mol. The first-order valence-corrected chi connectivity index (χ1v) is 6.45. The molecular formula is C12H8BrClFN3O2. The van der Waals surface area contributed by atoms with Gasteiger partial charge in [0.05, 0.1) is 4.47 Å². The molecule has 20 heavy (non-hydrogen) atoms. The third-order valence-electron chi connectivity index (χ3n) is 2.35. The number of hydrogen-bond acceptors (Lipinski definition) is 4. The van der Waals surface area contributed by atoms with Crippen LogP contribution in [0.1, 0.15) is 5.56 Å². The lowest BCUT2D eigenvalue weighted by atomic mass is 10.2. The van der Waals surface area contributed by atoms with Crippen molar-refractivity contribution in [3.63, 3.8) is 0 Å². The molecular weight excluding hydrogens is 353 g/mol. The van der Waals surface area contributed by atoms with Gasteiger partial charge in [-0.1, -0.05) is 16.8 Å². The summed E-state index contributed by atoms with van der Waals surface area (Å²) in [5.74, 6) is -0.412. The summed E-state index contributed by atoms with van der Waals surface area (Å²) >= 11 is 9.08. The number of pyridine rings is 1. The number of benzene rings is 1. The molecule has 0 saturated heterocycles. The van der Waals surface area contributed by atoms with Crippen LogP contribution in [0, 0.1) is 5.82 Å². The highest BCUT2D eigenvalue weighted by atomic mass is 79.9. The van der Waals surface area contributed by atoms with E-state index in [4.69, 9.17) is 27.3 Å². The second kappa shape index (κ2) is 6.06. The van der Waals surface area contributed by atoms with Crippen molar-refractivity contribution in [1.29, 1.82) is 0 Å². The van der Waals surface area contributed by atoms with E-state index in [9.17, 15) is 4.39 Å². The van der Waals surface area contributed by atoms with Crippen LogP contribution in [-0.4, -0.2) is 16.0 Å². The van der Waals surface area contributed by atoms with Crippen molar-refractivity contribution >= 4 is 33.4 Å². The zero-order valence-electron chi connectivity index (χ0n) is 9.85. The van der Waals surface area contributed by atoms with Gasteiger partial charge in [0.2, 0.25) is 5.88 Å². The molecule has 2 rings (SSSR count). The standard InChI is InChI=1S/C12H8BrClFN3O2/c13-8-2-1-6(5-9(8)15)20-12-10(14)7(3-4-17-12)11(16)18-19/h1-5,19H,(H2,16,18). The highest BCUT2D eigenvalue weighted by molar-refractivity contribution is 9.10. The van der Waals surface area contributed by atoms with Crippen molar-refractivity contribution in [2.45, 2.75) is 0 Å². The number of nitrogens with two attached hydrogens (primary N) is 1. The fourth-order valence-corrected chi connectivity index (χ4v) is 1.89. The Hall–Kier alpha value is -1.86. The van der Waals surface area contributed by atoms with E-state index < -0.39 is 5.82 Å². The van der Waals surface area contributed by atoms with Crippen molar-refractivity contribution in [2.24, 2.45) is 10.9 Å². The molecule has 0 saturated carbocycles. The van der Waals surface area contributed by atoms with Crippen LogP contribution in [0.3, 0.4) is 0 Å². The molecule has 1 aromatic carbocycles. The minimum absolute atomic E-state index is 0.0255. The zero-order valence-corrected chi connectivity index (χ0v) is 12.2. The molecule has 0 aliphatic carbocycles. The van der Waals surface area contributed by atoms with Crippen LogP contribution < -0.4 is 10.5 Å². The van der Waals surface area contributed by atoms with E-state index in [0.717, 1.165) is 0 Å². The van der Waals surface area contributed by atoms with Crippen molar-refractivity contribution in [3.8, 4) is 11.6 Å². The van der Waals surface area contributed by atoms with Gasteiger partial charge < -0.3 is 15.7 Å². The number of ether oxygens (including phenoxy) is 1. The molecule has 1 heterocycles. The van der Waals surface area contributed by atoms with Crippen LogP contribution in [0.4, 0.5) is 4.39 Å². The smallest absolute Gasteiger partial charge is 0.238 e. The van der Waals surface area contributed by atoms with Crippen LogP contribution in [0.15, 0.2) is 40.1 Å². The van der Waals surface area contributed by atoms with Crippen LogP contribution in [-0.2, 0) is 0 Å². The summed E-state index contributed by atoms with van der Waals surface area (Å²) in [6.07, 6.45) is 1.38. The van der Waals surface area contributed by atoms with Gasteiger partial charge in [-0.3, -0.25) is 0 Å². The molecule has 0 bridgehead atoms. The largest absolute Gasteiger partial charge is 0.437 e. The first-order chi connectivity index (χ1) is 9.52. The van der Waals surface area contributed by atoms with Gasteiger partial charge in [-0.25, -0.2) is 9.37 Å². The van der Waals surface area contributed by atoms with Gasteiger partial charge in [0.1, 0.15) is 16.6 Å². The van der Waals surface area contributed by atoms with E-state index in [1.807, 2.05) is 0 Å². The van der Waals surface area contributed by atoms with Gasteiger partial charge in [-0.15, -0.1) is 0 Å². The summed E-state index contributed by atoms with van der Waals surface area (Å²) in [5.41, 5.74) is 5.73. The maximum Gasteiger partial charge on any atom is 0.238 e. The molecule has 0 atom stereocenters. The summed E-state index contributed by atoms with van der Waals surface area (Å²) in [5, 5.41) is 11.6. The molecule has 0 aliphatic rings. The summed E-state index contributed by atoms with van der Waals surface area (Å²) in [4.78, 5) is 3.92. The van der Waals surface area contributed by atoms with Crippen LogP contribution >= 0.6 is 27.5 Å². The Kier molecular flexibility index (Phi) is 4.41. The normalized spacial score (nSPS) is 11.4. The lowest BCUT2D eigenvalue weighted by molar-refractivity contribution is 0.318. The first kappa shape index (κ1) is 14.5. The molecule has 0 amide bonds. The Balaban J connectivity index is 2.36. The molecule has 0 radical (unpaired) electrons. The highest BCUT2D eigenvalue weighted by Gasteiger charge is 2.13. The lowest BCUT2D eigenvalue weighted by Gasteiger charge is -2.09. The topological polar surface area (TPSA) is 80.7 Å². The Morgan fingerprint density at radius 2 is 2.20 bits per heavy atom. The quantitative estimate of drug-likeness (QED) is 0.380. The highest BCUT2D eigenvalue weighted by Crippen LogP contribution is 2.31. The van der Waals surface area contributed by atoms with E-state index in [0.29, 0.717) is 4.47 Å². The second-order valence-electron chi connectivity index (χ2n) is 3.64. The maximum absolute atomic E-state index is 13.4. The van der Waals surface area contributed by atoms with Gasteiger partial charge in [-0.05, 0) is 34.1 Å². The minimum Gasteiger partial charge on any atom is -0.437 e. The summed E-state index contributed by atoms with van der Waals surface area (Å²) in [7, 11) is 0. The van der Waals surface area contributed by atoms with Gasteiger partial charge >= 0.3 is 0 Å². The maximum atomic E-state index is 13.4. The van der Waals surface area contributed by atoms with E-state index in [1.54, 1.807) is 6.07 Å². The van der Waals surface area contributed by atoms with Gasteiger partial charge in [-0.2, -0.15) is 0 Å². The van der Waals surface area contributed by atoms with Crippen molar-refractivity contribution in [2.75, 3.05) is 0 Å². The summed E-state index contributed by atoms with van der Waals surface area (Å²) < 4.78 is 19.1. The molecule has 1 aromatic heterocycles. The SMILES string of the molecule is N/C(=N/O)c1ccnc(Oc2ccc(Br)c(F)c2)c1Cl. The molecule has 2 aromatic rings. The molecule has 5 nitrogen and oxygen atoms in total. The van der Waals surface area contributed by atoms with Crippen LogP contribution in [0.25, 0.3) is 0 Å². The van der Waals surface area contributed by atoms with E-state index >= 15 is 0 Å². The average Bonchev–Trinajstić information content (AvgIpc) is 2.44. The van der Waals surface area contributed by atoms with Crippen molar-refractivity contribution < 1.29 is 14.3 Å². The minimum atomic E-state index is -0.480. The van der Waals surface area contributed by atoms with E-state index in [-0.39, 0.29) is 28.1 Å². The predicted molar refractivity (Wildman–Crippen MR) is 75.9 cm³/mol. The molecule has 0 unspecified atom stereocenters. The Morgan fingerprint density at radius 3 is 2.85 bits per heavy atom. The van der Waals surface area contributed by atoms with Gasteiger partial charge in [0.15, 0.2) is 5.84 Å². The number of nitrogens with zero attached hydrogens (tertiary/aromatic N) is 2. The Morgan fingerprint density at radius 1 is 1.45 bits per heavy atom. The van der Waals surface area contributed by atoms with Crippen molar-refractivity contribution in [3.05, 3.63) is 51.3 Å². The summed E-state index contributed by atoms with van der Waals surface area (Å²) in [6, 6.07) is 5.68. The predicted octanol–water partition coefficient (Wildman–Crippen LogP) is 3.52. The van der Waals surface area contributed by atoms with Crippen LogP contribution in [0.5, 0.6) is 11.6 Å². The van der Waals surface area contributed by atoms with E-state index in [1.165, 1.54) is 24.4 Å². The van der Waals surface area contributed by atoms with E-state index in [2.05, 4.69) is 26.1 Å². The second-order valence-corrected chi connectivity index (χ2v) is 4.87. The van der Waals surface area contributed by atoms with Gasteiger partial charge in [0, 0.05) is 17.8 Å². The number of halogens is 3. The van der Waals surface area contributed by atoms with Gasteiger partial charge in [0.25, 0.3) is 0 Å². The third-order valence-corrected chi connectivity index (χ3v) is 3.35. The Labute approximate surface area is 127 Å². The number of aromatic nitrogens is 1. The first-order valence-electron chi connectivity index (χ1n) is 5.28. The molecule has 104 valence electrons. The zero-order chi connectivity index (χ0) is 14.7. The number of rotatable bonds is 3. The fourth-order valence-electron chi connectivity index (χ4n) is 1.40. The average molecular weight is 361 g/mol. The molecule has 3 N–H and O–H groups in total. The van der Waals surface area contributed by atoms with Crippen LogP contribution in [0.2, 0.25) is 5.02 Å². The lowest BCUT2D eigenvalue weighted by Crippen LogP contribution is -2.14. The molecule has 8 heteroatoms. The third kappa shape index (κ3) is 3.00. The number of hydrogen-bond donors (Lipinski definition) is 2. The number of amidine groups is 1. The summed E-state index contributed by atoms with van der Waals surface area (Å²) in [6.45, 7) is 0. The molecule has 0 spiro atoms. The number of oxime groups is 1. The molecule has 0 fully saturated rings. The fraction of sp³-hybridized carbons (Fsp3) is 0. The molecule has 0 aliphatic heterocycles. The van der Waals surface area contributed by atoms with Crippen molar-refractivity contribution in [1.82, 2.24) is 4.98 Å².